The van der Waals surface area contributed by atoms with Gasteiger partial charge in [-0.2, -0.15) is 0 Å². The van der Waals surface area contributed by atoms with Gasteiger partial charge in [-0.05, 0) is 48.7 Å². The Balaban J connectivity index is 2.12. The van der Waals surface area contributed by atoms with Gasteiger partial charge in [-0.15, -0.1) is 0 Å². The minimum atomic E-state index is -3.51. The smallest absolute Gasteiger partial charge is 0.232 e. The highest BCUT2D eigenvalue weighted by molar-refractivity contribution is 7.92. The maximum absolute atomic E-state index is 12.4. The van der Waals surface area contributed by atoms with E-state index in [-0.39, 0.29) is 18.9 Å². The summed E-state index contributed by atoms with van der Waals surface area (Å²) in [6, 6.07) is 12.3. The minimum absolute atomic E-state index is 0.0488. The maximum Gasteiger partial charge on any atom is 0.232 e. The van der Waals surface area contributed by atoms with Crippen LogP contribution in [0.3, 0.4) is 0 Å². The first kappa shape index (κ1) is 20.3. The van der Waals surface area contributed by atoms with Crippen LogP contribution in [-0.2, 0) is 21.2 Å². The predicted octanol–water partition coefficient (Wildman–Crippen LogP) is 4.01. The first-order valence-corrected chi connectivity index (χ1v) is 10.6. The number of amides is 1. The van der Waals surface area contributed by atoms with Gasteiger partial charge in [0.1, 0.15) is 0 Å². The molecule has 7 heteroatoms. The topological polar surface area (TPSA) is 66.5 Å². The molecule has 2 rings (SSSR count). The van der Waals surface area contributed by atoms with Crippen molar-refractivity contribution in [2.75, 3.05) is 22.4 Å². The van der Waals surface area contributed by atoms with E-state index in [1.165, 1.54) is 4.31 Å². The fourth-order valence-electron chi connectivity index (χ4n) is 2.70. The average Bonchev–Trinajstić information content (AvgIpc) is 2.57. The van der Waals surface area contributed by atoms with Crippen molar-refractivity contribution in [1.82, 2.24) is 0 Å². The Kier molecular flexibility index (Phi) is 6.67. The van der Waals surface area contributed by atoms with E-state index in [1.807, 2.05) is 32.0 Å². The highest BCUT2D eigenvalue weighted by Crippen LogP contribution is 2.23. The molecule has 26 heavy (non-hydrogen) atoms. The van der Waals surface area contributed by atoms with Crippen LogP contribution in [0.1, 0.15) is 24.5 Å². The molecule has 0 bridgehead atoms. The largest absolute Gasteiger partial charge is 0.326 e. The van der Waals surface area contributed by atoms with Gasteiger partial charge in [0.25, 0.3) is 0 Å². The number of hydrogen-bond donors (Lipinski definition) is 1. The van der Waals surface area contributed by atoms with Crippen LogP contribution in [0.25, 0.3) is 0 Å². The number of carbonyl (C=O) groups excluding carboxylic acids is 1. The third-order valence-electron chi connectivity index (χ3n) is 4.06. The molecule has 0 aliphatic rings. The molecule has 0 heterocycles. The lowest BCUT2D eigenvalue weighted by atomic mass is 10.1. The van der Waals surface area contributed by atoms with Crippen molar-refractivity contribution in [2.24, 2.45) is 0 Å². The van der Waals surface area contributed by atoms with Gasteiger partial charge in [0.15, 0.2) is 0 Å². The maximum atomic E-state index is 12.4. The number of rotatable bonds is 7. The molecular weight excluding hydrogens is 372 g/mol. The quantitative estimate of drug-likeness (QED) is 0.771. The van der Waals surface area contributed by atoms with E-state index < -0.39 is 10.0 Å². The predicted molar refractivity (Wildman–Crippen MR) is 107 cm³/mol. The van der Waals surface area contributed by atoms with Gasteiger partial charge in [-0.1, -0.05) is 36.7 Å². The molecular formula is C19H23ClN2O3S. The van der Waals surface area contributed by atoms with Crippen LogP contribution in [0.2, 0.25) is 5.02 Å². The third kappa shape index (κ3) is 5.22. The zero-order chi connectivity index (χ0) is 19.3. The molecule has 0 fully saturated rings. The number of hydrogen-bond acceptors (Lipinski definition) is 3. The second-order valence-electron chi connectivity index (χ2n) is 6.07. The molecule has 0 aliphatic heterocycles. The number of aryl methyl sites for hydroxylation is 2. The highest BCUT2D eigenvalue weighted by Gasteiger charge is 2.19. The first-order valence-electron chi connectivity index (χ1n) is 8.34. The lowest BCUT2D eigenvalue weighted by molar-refractivity contribution is -0.116. The summed E-state index contributed by atoms with van der Waals surface area (Å²) >= 11 is 5.86. The molecule has 0 atom stereocenters. The molecule has 5 nitrogen and oxygen atoms in total. The molecule has 0 radical (unpaired) electrons. The molecule has 0 saturated carbocycles. The number of nitrogens with zero attached hydrogens (tertiary/aromatic N) is 1. The van der Waals surface area contributed by atoms with E-state index in [4.69, 9.17) is 11.6 Å². The van der Waals surface area contributed by atoms with Gasteiger partial charge in [0.2, 0.25) is 15.9 Å². The van der Waals surface area contributed by atoms with Crippen molar-refractivity contribution in [1.29, 1.82) is 0 Å². The molecule has 1 N–H and O–H groups in total. The summed E-state index contributed by atoms with van der Waals surface area (Å²) in [6.07, 6.45) is 1.97. The van der Waals surface area contributed by atoms with E-state index in [9.17, 15) is 13.2 Å². The molecule has 0 unspecified atom stereocenters. The van der Waals surface area contributed by atoms with Gasteiger partial charge < -0.3 is 5.32 Å². The van der Waals surface area contributed by atoms with Gasteiger partial charge in [-0.3, -0.25) is 9.10 Å². The summed E-state index contributed by atoms with van der Waals surface area (Å²) in [5.41, 5.74) is 3.32. The van der Waals surface area contributed by atoms with Gasteiger partial charge >= 0.3 is 0 Å². The van der Waals surface area contributed by atoms with Crippen molar-refractivity contribution >= 4 is 38.9 Å². The highest BCUT2D eigenvalue weighted by atomic mass is 35.5. The molecule has 0 spiro atoms. The SMILES string of the molecule is CCc1cccc(C)c1NC(=O)CCN(c1ccc(Cl)cc1)S(C)(=O)=O. The zero-order valence-electron chi connectivity index (χ0n) is 15.1. The number of halogens is 1. The number of nitrogens with one attached hydrogen (secondary N) is 1. The fourth-order valence-corrected chi connectivity index (χ4v) is 3.75. The molecule has 1 amide bonds. The van der Waals surface area contributed by atoms with E-state index >= 15 is 0 Å². The molecule has 2 aromatic rings. The monoisotopic (exact) mass is 394 g/mol. The lowest BCUT2D eigenvalue weighted by Gasteiger charge is -2.22. The van der Waals surface area contributed by atoms with E-state index in [0.717, 1.165) is 29.5 Å². The lowest BCUT2D eigenvalue weighted by Crippen LogP contribution is -2.33. The molecule has 0 aromatic heterocycles. The van der Waals surface area contributed by atoms with Gasteiger partial charge in [-0.25, -0.2) is 8.42 Å². The summed E-state index contributed by atoms with van der Waals surface area (Å²) in [5, 5.41) is 3.44. The number of anilines is 2. The molecule has 2 aromatic carbocycles. The van der Waals surface area contributed by atoms with Gasteiger partial charge in [0.05, 0.1) is 11.9 Å². The molecule has 0 aliphatic carbocycles. The fraction of sp³-hybridized carbons (Fsp3) is 0.316. The van der Waals surface area contributed by atoms with Gasteiger partial charge in [0, 0.05) is 23.7 Å². The first-order chi connectivity index (χ1) is 12.2. The Morgan fingerprint density at radius 3 is 2.38 bits per heavy atom. The van der Waals surface area contributed by atoms with Crippen LogP contribution < -0.4 is 9.62 Å². The number of carbonyl (C=O) groups is 1. The Hall–Kier alpha value is -2.05. The standard InChI is InChI=1S/C19H23ClN2O3S/c1-4-15-7-5-6-14(2)19(15)21-18(23)12-13-22(26(3,24)25)17-10-8-16(20)9-11-17/h5-11H,4,12-13H2,1-3H3,(H,21,23). The van der Waals surface area contributed by atoms with E-state index in [1.54, 1.807) is 24.3 Å². The van der Waals surface area contributed by atoms with Crippen molar-refractivity contribution in [3.63, 3.8) is 0 Å². The van der Waals surface area contributed by atoms with E-state index in [2.05, 4.69) is 5.32 Å². The number of sulfonamides is 1. The third-order valence-corrected chi connectivity index (χ3v) is 5.51. The van der Waals surface area contributed by atoms with Crippen LogP contribution in [0.15, 0.2) is 42.5 Å². The number of para-hydroxylation sites is 1. The van der Waals surface area contributed by atoms with Crippen molar-refractivity contribution in [2.45, 2.75) is 26.7 Å². The molecule has 140 valence electrons. The van der Waals surface area contributed by atoms with Crippen molar-refractivity contribution < 1.29 is 13.2 Å². The van der Waals surface area contributed by atoms with Crippen LogP contribution in [0.4, 0.5) is 11.4 Å². The second kappa shape index (κ2) is 8.56. The Morgan fingerprint density at radius 1 is 1.15 bits per heavy atom. The van der Waals surface area contributed by atoms with Crippen molar-refractivity contribution in [3.8, 4) is 0 Å². The van der Waals surface area contributed by atoms with Crippen molar-refractivity contribution in [3.05, 3.63) is 58.6 Å². The summed E-state index contributed by atoms with van der Waals surface area (Å²) in [4.78, 5) is 12.4. The average molecular weight is 395 g/mol. The normalized spacial score (nSPS) is 11.2. The van der Waals surface area contributed by atoms with Crippen LogP contribution >= 0.6 is 11.6 Å². The Labute approximate surface area is 160 Å². The summed E-state index contributed by atoms with van der Waals surface area (Å²) in [5.74, 6) is -0.225. The summed E-state index contributed by atoms with van der Waals surface area (Å²) in [7, 11) is -3.51. The van der Waals surface area contributed by atoms with Crippen LogP contribution in [-0.4, -0.2) is 27.1 Å². The minimum Gasteiger partial charge on any atom is -0.326 e. The number of benzene rings is 2. The second-order valence-corrected chi connectivity index (χ2v) is 8.42. The Bertz CT molecular complexity index is 880. The van der Waals surface area contributed by atoms with Crippen LogP contribution in [0.5, 0.6) is 0 Å². The Morgan fingerprint density at radius 2 is 1.81 bits per heavy atom. The summed E-state index contributed by atoms with van der Waals surface area (Å²) in [6.45, 7) is 4.02. The van der Waals surface area contributed by atoms with E-state index in [0.29, 0.717) is 10.7 Å². The molecule has 0 saturated heterocycles. The zero-order valence-corrected chi connectivity index (χ0v) is 16.7. The van der Waals surface area contributed by atoms with Crippen LogP contribution in [0, 0.1) is 6.92 Å². The summed E-state index contributed by atoms with van der Waals surface area (Å²) < 4.78 is 25.4.